The molecule has 0 radical (unpaired) electrons. The second kappa shape index (κ2) is 10.4. The van der Waals surface area contributed by atoms with E-state index in [-0.39, 0.29) is 5.43 Å². The molecule has 0 aliphatic carbocycles. The van der Waals surface area contributed by atoms with Gasteiger partial charge in [-0.3, -0.25) is 4.79 Å². The smallest absolute Gasteiger partial charge is 0.200 e. The monoisotopic (exact) mass is 394 g/mol. The molecule has 0 bridgehead atoms. The maximum Gasteiger partial charge on any atom is 0.200 e. The number of benzene rings is 2. The summed E-state index contributed by atoms with van der Waals surface area (Å²) in [5.41, 5.74) is 4.31. The molecule has 150 valence electrons. The standard InChI is InChI=1S/C28H26O2/c1-4-7-10-13-21-16-18-24-26(20-21)30-28-23(15-12-9-6-3)22(14-11-8-5-2)17-19-25(28)27(24)29/h16-20H,4-6,13-15H2,1-3H3. The zero-order valence-electron chi connectivity index (χ0n) is 17.9. The highest BCUT2D eigenvalue weighted by atomic mass is 16.3. The van der Waals surface area contributed by atoms with Crippen molar-refractivity contribution in [3.05, 3.63) is 57.2 Å². The van der Waals surface area contributed by atoms with Crippen LogP contribution in [0.3, 0.4) is 0 Å². The van der Waals surface area contributed by atoms with Crippen molar-refractivity contribution >= 4 is 21.9 Å². The quantitative estimate of drug-likeness (QED) is 0.414. The Morgan fingerprint density at radius 3 is 2.07 bits per heavy atom. The molecule has 0 fully saturated rings. The second-order valence-corrected chi connectivity index (χ2v) is 6.99. The predicted molar refractivity (Wildman–Crippen MR) is 125 cm³/mol. The Kier molecular flexibility index (Phi) is 7.38. The van der Waals surface area contributed by atoms with E-state index in [0.29, 0.717) is 41.2 Å². The van der Waals surface area contributed by atoms with Crippen LogP contribution in [-0.2, 0) is 19.3 Å². The molecule has 0 spiro atoms. The summed E-state index contributed by atoms with van der Waals surface area (Å²) in [6, 6.07) is 9.60. The molecular weight excluding hydrogens is 368 g/mol. The SMILES string of the molecule is CCC#CCc1ccc2c(=O)c3ccc(CC#CCC)c(CC#CCC)c3oc2c1. The second-order valence-electron chi connectivity index (χ2n) is 6.99. The molecule has 0 saturated carbocycles. The van der Waals surface area contributed by atoms with Crippen molar-refractivity contribution in [1.29, 1.82) is 0 Å². The Labute approximate surface area is 178 Å². The van der Waals surface area contributed by atoms with E-state index in [1.165, 1.54) is 0 Å². The average molecular weight is 395 g/mol. The van der Waals surface area contributed by atoms with Gasteiger partial charge in [0, 0.05) is 44.1 Å². The molecule has 0 N–H and O–H groups in total. The van der Waals surface area contributed by atoms with Gasteiger partial charge < -0.3 is 4.42 Å². The highest BCUT2D eigenvalue weighted by molar-refractivity contribution is 5.92. The number of hydrogen-bond donors (Lipinski definition) is 0. The summed E-state index contributed by atoms with van der Waals surface area (Å²) in [5.74, 6) is 18.9. The molecule has 0 saturated heterocycles. The van der Waals surface area contributed by atoms with Crippen LogP contribution in [0, 0.1) is 35.5 Å². The van der Waals surface area contributed by atoms with E-state index in [1.807, 2.05) is 51.1 Å². The summed E-state index contributed by atoms with van der Waals surface area (Å²) in [6.07, 6.45) is 4.27. The van der Waals surface area contributed by atoms with E-state index in [1.54, 1.807) is 0 Å². The first-order valence-corrected chi connectivity index (χ1v) is 10.6. The lowest BCUT2D eigenvalue weighted by Gasteiger charge is -2.10. The third-order valence-electron chi connectivity index (χ3n) is 4.85. The summed E-state index contributed by atoms with van der Waals surface area (Å²) < 4.78 is 6.32. The van der Waals surface area contributed by atoms with Crippen molar-refractivity contribution in [3.8, 4) is 35.5 Å². The molecule has 1 aromatic heterocycles. The zero-order valence-corrected chi connectivity index (χ0v) is 17.9. The van der Waals surface area contributed by atoms with E-state index in [9.17, 15) is 4.79 Å². The Morgan fingerprint density at radius 1 is 0.733 bits per heavy atom. The third-order valence-corrected chi connectivity index (χ3v) is 4.85. The molecule has 30 heavy (non-hydrogen) atoms. The number of fused-ring (bicyclic) bond motifs is 2. The fraction of sp³-hybridized carbons (Fsp3) is 0.321. The van der Waals surface area contributed by atoms with E-state index < -0.39 is 0 Å². The molecule has 2 heteroatoms. The largest absolute Gasteiger partial charge is 0.455 e. The van der Waals surface area contributed by atoms with Crippen LogP contribution in [-0.4, -0.2) is 0 Å². The highest BCUT2D eigenvalue weighted by Gasteiger charge is 2.14. The summed E-state index contributed by atoms with van der Waals surface area (Å²) in [6.45, 7) is 6.10. The Morgan fingerprint density at radius 2 is 1.37 bits per heavy atom. The molecule has 0 amide bonds. The van der Waals surface area contributed by atoms with E-state index >= 15 is 0 Å². The minimum absolute atomic E-state index is 0.00617. The van der Waals surface area contributed by atoms with Gasteiger partial charge in [-0.2, -0.15) is 0 Å². The molecular formula is C28H26O2. The Bertz CT molecular complexity index is 1310. The van der Waals surface area contributed by atoms with Gasteiger partial charge in [0.05, 0.1) is 10.8 Å². The van der Waals surface area contributed by atoms with Gasteiger partial charge in [-0.1, -0.05) is 50.7 Å². The number of hydrogen-bond acceptors (Lipinski definition) is 2. The van der Waals surface area contributed by atoms with E-state index in [0.717, 1.165) is 36.0 Å². The molecule has 2 nitrogen and oxygen atoms in total. The summed E-state index contributed by atoms with van der Waals surface area (Å²) in [5, 5.41) is 1.19. The molecule has 0 unspecified atom stereocenters. The van der Waals surface area contributed by atoms with Crippen molar-refractivity contribution in [2.75, 3.05) is 0 Å². The van der Waals surface area contributed by atoms with Crippen LogP contribution < -0.4 is 5.43 Å². The van der Waals surface area contributed by atoms with Crippen LogP contribution in [0.4, 0.5) is 0 Å². The van der Waals surface area contributed by atoms with E-state index in [4.69, 9.17) is 4.42 Å². The van der Waals surface area contributed by atoms with Crippen molar-refractivity contribution in [1.82, 2.24) is 0 Å². The topological polar surface area (TPSA) is 30.2 Å². The summed E-state index contributed by atoms with van der Waals surface area (Å²) in [4.78, 5) is 13.2. The van der Waals surface area contributed by atoms with Crippen LogP contribution in [0.5, 0.6) is 0 Å². The molecule has 0 aliphatic rings. The zero-order chi connectivity index (χ0) is 21.3. The maximum absolute atomic E-state index is 13.2. The fourth-order valence-corrected chi connectivity index (χ4v) is 3.38. The van der Waals surface area contributed by atoms with Crippen LogP contribution in [0.2, 0.25) is 0 Å². The minimum Gasteiger partial charge on any atom is -0.455 e. The van der Waals surface area contributed by atoms with Crippen molar-refractivity contribution in [2.45, 2.75) is 59.3 Å². The van der Waals surface area contributed by atoms with Gasteiger partial charge >= 0.3 is 0 Å². The van der Waals surface area contributed by atoms with Crippen LogP contribution in [0.25, 0.3) is 21.9 Å². The molecule has 0 atom stereocenters. The highest BCUT2D eigenvalue weighted by Crippen LogP contribution is 2.26. The minimum atomic E-state index is -0.00617. The fourth-order valence-electron chi connectivity index (χ4n) is 3.38. The van der Waals surface area contributed by atoms with Crippen molar-refractivity contribution < 1.29 is 4.42 Å². The Balaban J connectivity index is 2.22. The molecule has 2 aromatic carbocycles. The molecule has 3 aromatic rings. The normalized spacial score (nSPS) is 9.97. The summed E-state index contributed by atoms with van der Waals surface area (Å²) in [7, 11) is 0. The van der Waals surface area contributed by atoms with Crippen molar-refractivity contribution in [2.24, 2.45) is 0 Å². The van der Waals surface area contributed by atoms with Crippen LogP contribution in [0.15, 0.2) is 39.5 Å². The van der Waals surface area contributed by atoms with Gasteiger partial charge in [-0.15, -0.1) is 17.8 Å². The van der Waals surface area contributed by atoms with Gasteiger partial charge in [-0.25, -0.2) is 0 Å². The molecule has 1 heterocycles. The molecule has 0 aliphatic heterocycles. The van der Waals surface area contributed by atoms with Gasteiger partial charge in [0.1, 0.15) is 11.2 Å². The van der Waals surface area contributed by atoms with Crippen LogP contribution >= 0.6 is 0 Å². The lowest BCUT2D eigenvalue weighted by atomic mass is 9.97. The number of rotatable bonds is 3. The predicted octanol–water partition coefficient (Wildman–Crippen LogP) is 5.81. The first kappa shape index (κ1) is 21.3. The maximum atomic E-state index is 13.2. The average Bonchev–Trinajstić information content (AvgIpc) is 2.75. The molecule has 3 rings (SSSR count). The summed E-state index contributed by atoms with van der Waals surface area (Å²) >= 11 is 0. The Hall–Kier alpha value is -3.41. The third kappa shape index (κ3) is 4.76. The first-order chi connectivity index (χ1) is 14.7. The van der Waals surface area contributed by atoms with Gasteiger partial charge in [0.25, 0.3) is 0 Å². The van der Waals surface area contributed by atoms with Crippen molar-refractivity contribution in [3.63, 3.8) is 0 Å². The van der Waals surface area contributed by atoms with Crippen LogP contribution in [0.1, 0.15) is 56.7 Å². The van der Waals surface area contributed by atoms with Gasteiger partial charge in [0.15, 0.2) is 0 Å². The lowest BCUT2D eigenvalue weighted by Crippen LogP contribution is -2.05. The van der Waals surface area contributed by atoms with Gasteiger partial charge in [-0.05, 0) is 29.3 Å². The lowest BCUT2D eigenvalue weighted by molar-refractivity contribution is 0.654. The first-order valence-electron chi connectivity index (χ1n) is 10.6. The van der Waals surface area contributed by atoms with Gasteiger partial charge in [0.2, 0.25) is 5.43 Å². The van der Waals surface area contributed by atoms with E-state index in [2.05, 4.69) is 35.5 Å².